The molecule has 0 aliphatic rings. The summed E-state index contributed by atoms with van der Waals surface area (Å²) in [6.45, 7) is 2.13. The molecule has 0 aromatic heterocycles. The van der Waals surface area contributed by atoms with Gasteiger partial charge in [0, 0.05) is 5.69 Å². The number of hydrogen-bond donors (Lipinski definition) is 2. The Balaban J connectivity index is 1.60. The fraction of sp³-hybridized carbons (Fsp3) is 0.0909. The summed E-state index contributed by atoms with van der Waals surface area (Å²) in [5, 5.41) is 6.71. The predicted molar refractivity (Wildman–Crippen MR) is 124 cm³/mol. The first-order chi connectivity index (χ1) is 14.4. The van der Waals surface area contributed by atoms with Crippen molar-refractivity contribution in [1.82, 2.24) is 5.43 Å². The summed E-state index contributed by atoms with van der Waals surface area (Å²) in [7, 11) is 0. The number of aryl methyl sites for hydroxylation is 1. The molecule has 0 heterocycles. The van der Waals surface area contributed by atoms with Crippen LogP contribution in [0.3, 0.4) is 0 Å². The van der Waals surface area contributed by atoms with Crippen molar-refractivity contribution < 1.29 is 13.9 Å². The lowest BCUT2D eigenvalue weighted by Gasteiger charge is -2.11. The van der Waals surface area contributed by atoms with E-state index in [2.05, 4.69) is 47.7 Å². The van der Waals surface area contributed by atoms with Gasteiger partial charge in [0.05, 0.1) is 15.2 Å². The maximum absolute atomic E-state index is 13.3. The van der Waals surface area contributed by atoms with Crippen LogP contribution in [0.5, 0.6) is 5.75 Å². The van der Waals surface area contributed by atoms with Gasteiger partial charge in [-0.05, 0) is 85.8 Å². The fourth-order valence-electron chi connectivity index (χ4n) is 2.60. The van der Waals surface area contributed by atoms with Crippen LogP contribution in [-0.2, 0) is 6.61 Å². The molecule has 5 nitrogen and oxygen atoms in total. The molecule has 30 heavy (non-hydrogen) atoms. The number of para-hydroxylation sites is 1. The minimum atomic E-state index is -0.436. The Morgan fingerprint density at radius 3 is 2.53 bits per heavy atom. The molecule has 0 spiro atoms. The summed E-state index contributed by atoms with van der Waals surface area (Å²) >= 11 is 6.94. The average Bonchev–Trinajstić information content (AvgIpc) is 2.69. The zero-order valence-corrected chi connectivity index (χ0v) is 19.1. The van der Waals surface area contributed by atoms with E-state index < -0.39 is 6.03 Å². The number of hydrogen-bond acceptors (Lipinski definition) is 3. The standard InChI is InChI=1S/C22H18Br2FN3O2/c1-14-5-2-3-8-20(14)27-22(29)28-26-12-16-10-18(23)21(19(24)11-16)30-13-15-6-4-7-17(25)9-15/h2-12H,13H2,1H3,(H2,27,28,29). The van der Waals surface area contributed by atoms with E-state index in [4.69, 9.17) is 4.74 Å². The van der Waals surface area contributed by atoms with Crippen molar-refractivity contribution >= 4 is 49.8 Å². The smallest absolute Gasteiger partial charge is 0.339 e. The van der Waals surface area contributed by atoms with Gasteiger partial charge in [-0.3, -0.25) is 0 Å². The number of urea groups is 1. The fourth-order valence-corrected chi connectivity index (χ4v) is 4.05. The summed E-state index contributed by atoms with van der Waals surface area (Å²) in [6, 6.07) is 16.9. The van der Waals surface area contributed by atoms with Crippen LogP contribution in [0.15, 0.2) is 74.7 Å². The van der Waals surface area contributed by atoms with Gasteiger partial charge >= 0.3 is 6.03 Å². The molecule has 3 rings (SSSR count). The van der Waals surface area contributed by atoms with Gasteiger partial charge in [0.1, 0.15) is 18.2 Å². The number of ether oxygens (including phenoxy) is 1. The van der Waals surface area contributed by atoms with Gasteiger partial charge in [0.25, 0.3) is 0 Å². The number of amides is 2. The minimum Gasteiger partial charge on any atom is -0.487 e. The molecule has 0 unspecified atom stereocenters. The lowest BCUT2D eigenvalue weighted by atomic mass is 10.2. The van der Waals surface area contributed by atoms with Crippen molar-refractivity contribution in [2.24, 2.45) is 5.10 Å². The highest BCUT2D eigenvalue weighted by Crippen LogP contribution is 2.35. The van der Waals surface area contributed by atoms with Crippen molar-refractivity contribution in [3.05, 3.63) is 92.1 Å². The molecule has 0 aliphatic carbocycles. The molecule has 0 aliphatic heterocycles. The number of benzene rings is 3. The van der Waals surface area contributed by atoms with E-state index in [-0.39, 0.29) is 12.4 Å². The van der Waals surface area contributed by atoms with Crippen LogP contribution in [-0.4, -0.2) is 12.2 Å². The number of carbonyl (C=O) groups excluding carboxylic acids is 1. The van der Waals surface area contributed by atoms with Crippen molar-refractivity contribution in [3.8, 4) is 5.75 Å². The zero-order valence-electron chi connectivity index (χ0n) is 16.0. The number of carbonyl (C=O) groups is 1. The third-order valence-corrected chi connectivity index (χ3v) is 5.24. The van der Waals surface area contributed by atoms with Gasteiger partial charge in [-0.1, -0.05) is 30.3 Å². The molecule has 2 amide bonds. The molecule has 3 aromatic carbocycles. The number of nitrogens with one attached hydrogen (secondary N) is 2. The molecular formula is C22H18Br2FN3O2. The van der Waals surface area contributed by atoms with Crippen LogP contribution >= 0.6 is 31.9 Å². The first kappa shape index (κ1) is 22.0. The molecule has 0 atom stereocenters. The van der Waals surface area contributed by atoms with E-state index in [1.54, 1.807) is 24.3 Å². The summed E-state index contributed by atoms with van der Waals surface area (Å²) in [6.07, 6.45) is 1.52. The second-order valence-corrected chi connectivity index (χ2v) is 8.08. The molecular weight excluding hydrogens is 517 g/mol. The van der Waals surface area contributed by atoms with Gasteiger partial charge in [-0.2, -0.15) is 5.10 Å². The van der Waals surface area contributed by atoms with Gasteiger partial charge < -0.3 is 10.1 Å². The third-order valence-electron chi connectivity index (χ3n) is 4.07. The van der Waals surface area contributed by atoms with Crippen LogP contribution in [0.25, 0.3) is 0 Å². The Labute approximate surface area is 190 Å². The minimum absolute atomic E-state index is 0.225. The molecule has 3 aromatic rings. The van der Waals surface area contributed by atoms with E-state index in [9.17, 15) is 9.18 Å². The van der Waals surface area contributed by atoms with Crippen molar-refractivity contribution in [1.29, 1.82) is 0 Å². The van der Waals surface area contributed by atoms with E-state index >= 15 is 0 Å². The highest BCUT2D eigenvalue weighted by Gasteiger charge is 2.09. The number of halogens is 3. The molecule has 0 saturated heterocycles. The third kappa shape index (κ3) is 6.14. The Bertz CT molecular complexity index is 1070. The van der Waals surface area contributed by atoms with Crippen molar-refractivity contribution in [3.63, 3.8) is 0 Å². The topological polar surface area (TPSA) is 62.7 Å². The number of anilines is 1. The molecule has 2 N–H and O–H groups in total. The molecule has 0 saturated carbocycles. The van der Waals surface area contributed by atoms with Gasteiger partial charge in [0.2, 0.25) is 0 Å². The molecule has 8 heteroatoms. The zero-order chi connectivity index (χ0) is 21.5. The van der Waals surface area contributed by atoms with Crippen molar-refractivity contribution in [2.45, 2.75) is 13.5 Å². The lowest BCUT2D eigenvalue weighted by Crippen LogP contribution is -2.24. The summed E-state index contributed by atoms with van der Waals surface area (Å²) in [4.78, 5) is 12.0. The monoisotopic (exact) mass is 533 g/mol. The highest BCUT2D eigenvalue weighted by atomic mass is 79.9. The second kappa shape index (κ2) is 10.4. The SMILES string of the molecule is Cc1ccccc1NC(=O)NN=Cc1cc(Br)c(OCc2cccc(F)c2)c(Br)c1. The predicted octanol–water partition coefficient (Wildman–Crippen LogP) is 6.39. The number of rotatable bonds is 6. The van der Waals surface area contributed by atoms with E-state index in [1.165, 1.54) is 18.3 Å². The maximum atomic E-state index is 13.3. The lowest BCUT2D eigenvalue weighted by molar-refractivity contribution is 0.252. The van der Waals surface area contributed by atoms with Crippen LogP contribution in [0, 0.1) is 12.7 Å². The average molecular weight is 535 g/mol. The summed E-state index contributed by atoms with van der Waals surface area (Å²) in [5.41, 5.74) is 5.57. The van der Waals surface area contributed by atoms with E-state index in [1.807, 2.05) is 31.2 Å². The van der Waals surface area contributed by atoms with Crippen LogP contribution in [0.4, 0.5) is 14.9 Å². The number of hydrazone groups is 1. The van der Waals surface area contributed by atoms with Crippen LogP contribution in [0.2, 0.25) is 0 Å². The van der Waals surface area contributed by atoms with E-state index in [0.717, 1.165) is 22.4 Å². The molecule has 0 fully saturated rings. The van der Waals surface area contributed by atoms with Crippen molar-refractivity contribution in [2.75, 3.05) is 5.32 Å². The molecule has 154 valence electrons. The Kier molecular flexibility index (Phi) is 7.59. The Morgan fingerprint density at radius 1 is 1.10 bits per heavy atom. The summed E-state index contributed by atoms with van der Waals surface area (Å²) < 4.78 is 20.5. The Hall–Kier alpha value is -2.71. The first-order valence-corrected chi connectivity index (χ1v) is 10.5. The van der Waals surface area contributed by atoms with Gasteiger partial charge in [-0.25, -0.2) is 14.6 Å². The molecule has 0 bridgehead atoms. The number of nitrogens with zero attached hydrogens (tertiary/aromatic N) is 1. The second-order valence-electron chi connectivity index (χ2n) is 6.37. The Morgan fingerprint density at radius 2 is 1.83 bits per heavy atom. The quantitative estimate of drug-likeness (QED) is 0.284. The molecule has 0 radical (unpaired) electrons. The first-order valence-electron chi connectivity index (χ1n) is 8.94. The largest absolute Gasteiger partial charge is 0.487 e. The van der Waals surface area contributed by atoms with Crippen LogP contribution < -0.4 is 15.5 Å². The van der Waals surface area contributed by atoms with Gasteiger partial charge in [-0.15, -0.1) is 0 Å². The maximum Gasteiger partial charge on any atom is 0.339 e. The van der Waals surface area contributed by atoms with E-state index in [0.29, 0.717) is 14.7 Å². The highest BCUT2D eigenvalue weighted by molar-refractivity contribution is 9.11. The van der Waals surface area contributed by atoms with Crippen LogP contribution in [0.1, 0.15) is 16.7 Å². The normalized spacial score (nSPS) is 10.8. The summed E-state index contributed by atoms with van der Waals surface area (Å²) in [5.74, 6) is 0.279. The van der Waals surface area contributed by atoms with Gasteiger partial charge in [0.15, 0.2) is 0 Å².